The lowest BCUT2D eigenvalue weighted by atomic mass is 10.1. The van der Waals surface area contributed by atoms with E-state index in [2.05, 4.69) is 15.0 Å². The zero-order chi connectivity index (χ0) is 13.1. The lowest BCUT2D eigenvalue weighted by Gasteiger charge is -2.06. The standard InChI is InChI=1S/C12H10N2O4/c1-7-6-8(2-3-9(7)12(16)17)13-11(15)10-4-5-18-14-10/h2-6H,1H3,(H,13,15)(H,16,17). The molecule has 2 N–H and O–H groups in total. The number of hydrogen-bond acceptors (Lipinski definition) is 4. The second-order valence-electron chi connectivity index (χ2n) is 3.67. The fraction of sp³-hybridized carbons (Fsp3) is 0.0833. The third-order valence-corrected chi connectivity index (χ3v) is 2.39. The van der Waals surface area contributed by atoms with Gasteiger partial charge in [-0.3, -0.25) is 4.79 Å². The third-order valence-electron chi connectivity index (χ3n) is 2.39. The third kappa shape index (κ3) is 2.37. The summed E-state index contributed by atoms with van der Waals surface area (Å²) in [5, 5.41) is 15.0. The molecule has 6 nitrogen and oxygen atoms in total. The van der Waals surface area contributed by atoms with Crippen molar-refractivity contribution in [3.8, 4) is 0 Å². The molecule has 0 aliphatic carbocycles. The summed E-state index contributed by atoms with van der Waals surface area (Å²) >= 11 is 0. The highest BCUT2D eigenvalue weighted by Crippen LogP contribution is 2.15. The van der Waals surface area contributed by atoms with E-state index in [1.165, 1.54) is 24.5 Å². The summed E-state index contributed by atoms with van der Waals surface area (Å²) in [6, 6.07) is 5.99. The van der Waals surface area contributed by atoms with Crippen LogP contribution in [0.2, 0.25) is 0 Å². The van der Waals surface area contributed by atoms with Crippen LogP contribution in [0.4, 0.5) is 5.69 Å². The lowest BCUT2D eigenvalue weighted by molar-refractivity contribution is 0.0696. The van der Waals surface area contributed by atoms with Crippen LogP contribution in [0, 0.1) is 6.92 Å². The van der Waals surface area contributed by atoms with E-state index in [4.69, 9.17) is 5.11 Å². The Morgan fingerprint density at radius 3 is 2.67 bits per heavy atom. The number of nitrogens with zero attached hydrogens (tertiary/aromatic N) is 1. The molecule has 1 aromatic carbocycles. The van der Waals surface area contributed by atoms with Gasteiger partial charge in [0.2, 0.25) is 0 Å². The van der Waals surface area contributed by atoms with E-state index >= 15 is 0 Å². The molecule has 1 amide bonds. The van der Waals surface area contributed by atoms with Crippen molar-refractivity contribution < 1.29 is 19.2 Å². The van der Waals surface area contributed by atoms with Crippen LogP contribution in [-0.4, -0.2) is 22.1 Å². The van der Waals surface area contributed by atoms with Crippen LogP contribution < -0.4 is 5.32 Å². The number of carboxylic acids is 1. The number of rotatable bonds is 3. The maximum Gasteiger partial charge on any atom is 0.335 e. The van der Waals surface area contributed by atoms with Crippen molar-refractivity contribution in [2.24, 2.45) is 0 Å². The molecular formula is C12H10N2O4. The van der Waals surface area contributed by atoms with Crippen molar-refractivity contribution in [2.75, 3.05) is 5.32 Å². The Bertz CT molecular complexity index is 590. The van der Waals surface area contributed by atoms with Crippen molar-refractivity contribution in [3.05, 3.63) is 47.3 Å². The highest BCUT2D eigenvalue weighted by Gasteiger charge is 2.11. The molecular weight excluding hydrogens is 236 g/mol. The minimum absolute atomic E-state index is 0.162. The molecule has 2 rings (SSSR count). The first-order valence-corrected chi connectivity index (χ1v) is 5.13. The first-order valence-electron chi connectivity index (χ1n) is 5.13. The van der Waals surface area contributed by atoms with Gasteiger partial charge in [0.05, 0.1) is 5.56 Å². The molecule has 0 spiro atoms. The molecule has 92 valence electrons. The van der Waals surface area contributed by atoms with E-state index < -0.39 is 11.9 Å². The van der Waals surface area contributed by atoms with Crippen LogP contribution in [0.1, 0.15) is 26.4 Å². The smallest absolute Gasteiger partial charge is 0.335 e. The molecule has 1 heterocycles. The summed E-state index contributed by atoms with van der Waals surface area (Å²) < 4.78 is 4.56. The Kier molecular flexibility index (Phi) is 3.09. The first kappa shape index (κ1) is 11.8. The van der Waals surface area contributed by atoms with Crippen molar-refractivity contribution in [2.45, 2.75) is 6.92 Å². The molecule has 0 saturated carbocycles. The Hall–Kier alpha value is -2.63. The zero-order valence-electron chi connectivity index (χ0n) is 9.51. The summed E-state index contributed by atoms with van der Waals surface area (Å²) in [5.74, 6) is -1.41. The Morgan fingerprint density at radius 2 is 2.11 bits per heavy atom. The van der Waals surface area contributed by atoms with Crippen LogP contribution in [0.15, 0.2) is 35.1 Å². The minimum Gasteiger partial charge on any atom is -0.478 e. The van der Waals surface area contributed by atoms with E-state index in [0.29, 0.717) is 11.3 Å². The van der Waals surface area contributed by atoms with Crippen LogP contribution >= 0.6 is 0 Å². The Balaban J connectivity index is 2.18. The minimum atomic E-state index is -0.998. The normalized spacial score (nSPS) is 10.1. The number of aryl methyl sites for hydroxylation is 1. The van der Waals surface area contributed by atoms with E-state index in [9.17, 15) is 9.59 Å². The van der Waals surface area contributed by atoms with Gasteiger partial charge in [-0.15, -0.1) is 0 Å². The molecule has 6 heteroatoms. The van der Waals surface area contributed by atoms with E-state index in [-0.39, 0.29) is 11.3 Å². The number of hydrogen-bond donors (Lipinski definition) is 2. The van der Waals surface area contributed by atoms with Gasteiger partial charge in [0.25, 0.3) is 5.91 Å². The molecule has 0 fully saturated rings. The molecule has 0 aliphatic rings. The maximum absolute atomic E-state index is 11.7. The number of aromatic nitrogens is 1. The summed E-state index contributed by atoms with van der Waals surface area (Å²) in [6.45, 7) is 1.66. The molecule has 2 aromatic rings. The summed E-state index contributed by atoms with van der Waals surface area (Å²) in [6.07, 6.45) is 1.30. The number of benzene rings is 1. The van der Waals surface area contributed by atoms with Gasteiger partial charge in [-0.05, 0) is 30.7 Å². The average molecular weight is 246 g/mol. The molecule has 0 saturated heterocycles. The van der Waals surface area contributed by atoms with Gasteiger partial charge < -0.3 is 14.9 Å². The SMILES string of the molecule is Cc1cc(NC(=O)c2ccon2)ccc1C(=O)O. The molecule has 0 unspecified atom stereocenters. The van der Waals surface area contributed by atoms with Gasteiger partial charge >= 0.3 is 5.97 Å². The highest BCUT2D eigenvalue weighted by atomic mass is 16.5. The van der Waals surface area contributed by atoms with Crippen molar-refractivity contribution in [1.82, 2.24) is 5.16 Å². The first-order chi connectivity index (χ1) is 8.58. The van der Waals surface area contributed by atoms with Crippen LogP contribution in [0.25, 0.3) is 0 Å². The van der Waals surface area contributed by atoms with Gasteiger partial charge in [-0.1, -0.05) is 5.16 Å². The van der Waals surface area contributed by atoms with Gasteiger partial charge in [0.1, 0.15) is 6.26 Å². The van der Waals surface area contributed by atoms with Gasteiger partial charge in [-0.2, -0.15) is 0 Å². The average Bonchev–Trinajstić information content (AvgIpc) is 2.81. The summed E-state index contributed by atoms with van der Waals surface area (Å²) in [5.41, 5.74) is 1.44. The number of amides is 1. The van der Waals surface area contributed by atoms with Gasteiger partial charge in [0, 0.05) is 11.8 Å². The number of aromatic carboxylic acids is 1. The number of anilines is 1. The quantitative estimate of drug-likeness (QED) is 0.863. The van der Waals surface area contributed by atoms with Gasteiger partial charge in [-0.25, -0.2) is 4.79 Å². The molecule has 18 heavy (non-hydrogen) atoms. The van der Waals surface area contributed by atoms with Crippen molar-refractivity contribution in [1.29, 1.82) is 0 Å². The summed E-state index contributed by atoms with van der Waals surface area (Å²) in [7, 11) is 0. The number of carbonyl (C=O) groups is 2. The maximum atomic E-state index is 11.7. The largest absolute Gasteiger partial charge is 0.478 e. The predicted molar refractivity (Wildman–Crippen MR) is 62.6 cm³/mol. The molecule has 1 aromatic heterocycles. The Labute approximate surface area is 102 Å². The second kappa shape index (κ2) is 4.70. The van der Waals surface area contributed by atoms with Crippen LogP contribution in [-0.2, 0) is 0 Å². The number of carboxylic acid groups (broad SMARTS) is 1. The van der Waals surface area contributed by atoms with E-state index in [0.717, 1.165) is 0 Å². The molecule has 0 radical (unpaired) electrons. The van der Waals surface area contributed by atoms with Crippen LogP contribution in [0.3, 0.4) is 0 Å². The number of carbonyl (C=O) groups excluding carboxylic acids is 1. The van der Waals surface area contributed by atoms with Crippen LogP contribution in [0.5, 0.6) is 0 Å². The fourth-order valence-corrected chi connectivity index (χ4v) is 1.51. The second-order valence-corrected chi connectivity index (χ2v) is 3.67. The topological polar surface area (TPSA) is 92.4 Å². The van der Waals surface area contributed by atoms with Crippen molar-refractivity contribution in [3.63, 3.8) is 0 Å². The fourth-order valence-electron chi connectivity index (χ4n) is 1.51. The summed E-state index contributed by atoms with van der Waals surface area (Å²) in [4.78, 5) is 22.5. The molecule has 0 aliphatic heterocycles. The zero-order valence-corrected chi connectivity index (χ0v) is 9.51. The van der Waals surface area contributed by atoms with Crippen molar-refractivity contribution >= 4 is 17.6 Å². The molecule has 0 atom stereocenters. The van der Waals surface area contributed by atoms with E-state index in [1.807, 2.05) is 0 Å². The monoisotopic (exact) mass is 246 g/mol. The van der Waals surface area contributed by atoms with E-state index in [1.54, 1.807) is 13.0 Å². The predicted octanol–water partition coefficient (Wildman–Crippen LogP) is 1.93. The Morgan fingerprint density at radius 1 is 1.33 bits per heavy atom. The lowest BCUT2D eigenvalue weighted by Crippen LogP contribution is -2.12. The highest BCUT2D eigenvalue weighted by molar-refractivity contribution is 6.03. The molecule has 0 bridgehead atoms. The number of nitrogens with one attached hydrogen (secondary N) is 1. The van der Waals surface area contributed by atoms with Gasteiger partial charge in [0.15, 0.2) is 5.69 Å².